The molecule has 1 aromatic carbocycles. The minimum Gasteiger partial charge on any atom is -0.380 e. The van der Waals surface area contributed by atoms with Gasteiger partial charge in [-0.1, -0.05) is 55.8 Å². The van der Waals surface area contributed by atoms with Crippen LogP contribution in [0.5, 0.6) is 0 Å². The van der Waals surface area contributed by atoms with E-state index in [1.54, 1.807) is 7.11 Å². The van der Waals surface area contributed by atoms with Gasteiger partial charge in [-0.2, -0.15) is 0 Å². The van der Waals surface area contributed by atoms with Crippen molar-refractivity contribution in [3.05, 3.63) is 48.0 Å². The first-order valence-corrected chi connectivity index (χ1v) is 9.35. The highest BCUT2D eigenvalue weighted by Gasteiger charge is 2.75. The average molecular weight is 324 g/mol. The average Bonchev–Trinajstić information content (AvgIpc) is 3.04. The number of hydrogen-bond acceptors (Lipinski definition) is 2. The highest BCUT2D eigenvalue weighted by molar-refractivity contribution is 5.89. The minimum atomic E-state index is -0.323. The van der Waals surface area contributed by atoms with Gasteiger partial charge in [-0.3, -0.25) is 4.79 Å². The maximum Gasteiger partial charge on any atom is 0.143 e. The molecule has 5 unspecified atom stereocenters. The molecular weight excluding hydrogens is 296 g/mol. The second-order valence-electron chi connectivity index (χ2n) is 8.22. The van der Waals surface area contributed by atoms with Crippen LogP contribution in [0.2, 0.25) is 0 Å². The van der Waals surface area contributed by atoms with Crippen LogP contribution in [-0.4, -0.2) is 19.0 Å². The molecule has 4 rings (SSSR count). The fourth-order valence-electron chi connectivity index (χ4n) is 6.50. The first-order chi connectivity index (χ1) is 11.6. The van der Waals surface area contributed by atoms with Crippen molar-refractivity contribution in [1.29, 1.82) is 0 Å². The number of rotatable bonds is 5. The summed E-state index contributed by atoms with van der Waals surface area (Å²) in [6, 6.07) is 10.4. The highest BCUT2D eigenvalue weighted by atomic mass is 16.5. The molecule has 1 aromatic rings. The van der Waals surface area contributed by atoms with Crippen molar-refractivity contribution in [3.63, 3.8) is 0 Å². The van der Waals surface area contributed by atoms with Gasteiger partial charge < -0.3 is 4.74 Å². The van der Waals surface area contributed by atoms with Gasteiger partial charge in [0.25, 0.3) is 0 Å². The van der Waals surface area contributed by atoms with Gasteiger partial charge in [0.15, 0.2) is 0 Å². The molecule has 3 saturated carbocycles. The van der Waals surface area contributed by atoms with Crippen LogP contribution in [0.4, 0.5) is 0 Å². The molecular formula is C22H28O2. The van der Waals surface area contributed by atoms with Crippen molar-refractivity contribution in [1.82, 2.24) is 0 Å². The van der Waals surface area contributed by atoms with E-state index in [4.69, 9.17) is 4.74 Å². The Balaban J connectivity index is 1.67. The first-order valence-electron chi connectivity index (χ1n) is 9.35. The number of ketones is 1. The Bertz CT molecular complexity index is 664. The quantitative estimate of drug-likeness (QED) is 0.741. The predicted molar refractivity (Wildman–Crippen MR) is 95.7 cm³/mol. The summed E-state index contributed by atoms with van der Waals surface area (Å²) >= 11 is 0. The standard InChI is InChI=1S/C22H28O2/c1-15-18-14-17-10-7-13-21(15,2)22(17,20(18)24-3)19(23)12-11-16-8-5-4-6-9-16/h4-6,8-9,17-18,20H,1,7,10-14H2,2-3H3. The summed E-state index contributed by atoms with van der Waals surface area (Å²) in [6.07, 6.45) is 6.09. The number of methoxy groups -OCH3 is 1. The molecule has 5 atom stereocenters. The number of ether oxygens (including phenoxy) is 1. The third-order valence-corrected chi connectivity index (χ3v) is 7.49. The van der Waals surface area contributed by atoms with Crippen LogP contribution in [0, 0.1) is 22.7 Å². The minimum absolute atomic E-state index is 0.0450. The molecule has 0 spiro atoms. The molecule has 3 aliphatic carbocycles. The number of benzene rings is 1. The van der Waals surface area contributed by atoms with Gasteiger partial charge in [-0.15, -0.1) is 0 Å². The molecule has 3 fully saturated rings. The summed E-state index contributed by atoms with van der Waals surface area (Å²) in [5.74, 6) is 1.29. The summed E-state index contributed by atoms with van der Waals surface area (Å²) < 4.78 is 5.97. The van der Waals surface area contributed by atoms with Gasteiger partial charge in [0.05, 0.1) is 11.5 Å². The number of Topliss-reactive ketones (excluding diaryl/α,β-unsaturated/α-hetero) is 1. The number of aryl methyl sites for hydroxylation is 1. The molecule has 0 aliphatic heterocycles. The Morgan fingerprint density at radius 3 is 2.79 bits per heavy atom. The Labute approximate surface area is 145 Å². The topological polar surface area (TPSA) is 26.3 Å². The van der Waals surface area contributed by atoms with E-state index in [1.165, 1.54) is 24.0 Å². The Morgan fingerprint density at radius 2 is 2.08 bits per heavy atom. The zero-order valence-electron chi connectivity index (χ0n) is 14.9. The largest absolute Gasteiger partial charge is 0.380 e. The molecule has 0 aromatic heterocycles. The van der Waals surface area contributed by atoms with E-state index >= 15 is 0 Å². The van der Waals surface area contributed by atoms with E-state index < -0.39 is 0 Å². The Hall–Kier alpha value is -1.41. The van der Waals surface area contributed by atoms with Crippen molar-refractivity contribution in [2.45, 2.75) is 51.6 Å². The van der Waals surface area contributed by atoms with Gasteiger partial charge in [-0.25, -0.2) is 0 Å². The van der Waals surface area contributed by atoms with Crippen LogP contribution in [-0.2, 0) is 16.0 Å². The summed E-state index contributed by atoms with van der Waals surface area (Å²) in [4.78, 5) is 13.6. The van der Waals surface area contributed by atoms with Gasteiger partial charge in [-0.05, 0) is 37.2 Å². The van der Waals surface area contributed by atoms with Gasteiger partial charge >= 0.3 is 0 Å². The first kappa shape index (κ1) is 16.1. The molecule has 0 saturated heterocycles. The van der Waals surface area contributed by atoms with Gasteiger partial charge in [0, 0.05) is 24.9 Å². The smallest absolute Gasteiger partial charge is 0.143 e. The summed E-state index contributed by atoms with van der Waals surface area (Å²) in [5.41, 5.74) is 2.15. The number of carbonyl (C=O) groups excluding carboxylic acids is 1. The number of hydrogen-bond donors (Lipinski definition) is 0. The predicted octanol–water partition coefficient (Wildman–Crippen LogP) is 4.59. The molecule has 24 heavy (non-hydrogen) atoms. The summed E-state index contributed by atoms with van der Waals surface area (Å²) in [7, 11) is 1.79. The highest BCUT2D eigenvalue weighted by Crippen LogP contribution is 2.74. The second-order valence-corrected chi connectivity index (χ2v) is 8.22. The van der Waals surface area contributed by atoms with Crippen LogP contribution in [0.3, 0.4) is 0 Å². The van der Waals surface area contributed by atoms with Crippen molar-refractivity contribution in [3.8, 4) is 0 Å². The van der Waals surface area contributed by atoms with Crippen molar-refractivity contribution < 1.29 is 9.53 Å². The number of fused-ring (bicyclic) bond motifs is 1. The zero-order valence-corrected chi connectivity index (χ0v) is 14.9. The number of carbonyl (C=O) groups is 1. The lowest BCUT2D eigenvalue weighted by Gasteiger charge is -2.53. The zero-order chi connectivity index (χ0) is 16.9. The molecule has 3 aliphatic rings. The Morgan fingerprint density at radius 1 is 1.33 bits per heavy atom. The van der Waals surface area contributed by atoms with Crippen LogP contribution in [0.1, 0.15) is 44.6 Å². The molecule has 2 bridgehead atoms. The molecule has 0 amide bonds. The molecule has 2 nitrogen and oxygen atoms in total. The fraction of sp³-hybridized carbons (Fsp3) is 0.591. The lowest BCUT2D eigenvalue weighted by molar-refractivity contribution is -0.152. The molecule has 0 radical (unpaired) electrons. The SMILES string of the molecule is C=C1C2CC3CCCC1(C)C3(C(=O)CCc1ccccc1)C2OC. The van der Waals surface area contributed by atoms with E-state index in [2.05, 4.69) is 37.8 Å². The molecule has 128 valence electrons. The maximum absolute atomic E-state index is 13.6. The van der Waals surface area contributed by atoms with Crippen LogP contribution in [0.25, 0.3) is 0 Å². The van der Waals surface area contributed by atoms with Crippen LogP contribution < -0.4 is 0 Å². The summed E-state index contributed by atoms with van der Waals surface area (Å²) in [6.45, 7) is 6.74. The van der Waals surface area contributed by atoms with Gasteiger partial charge in [0.2, 0.25) is 0 Å². The van der Waals surface area contributed by atoms with E-state index in [0.717, 1.165) is 19.3 Å². The maximum atomic E-state index is 13.6. The lowest BCUT2D eigenvalue weighted by atomic mass is 9.49. The van der Waals surface area contributed by atoms with Crippen LogP contribution in [0.15, 0.2) is 42.5 Å². The lowest BCUT2D eigenvalue weighted by Crippen LogP contribution is -2.55. The Kier molecular flexibility index (Phi) is 3.72. The van der Waals surface area contributed by atoms with Crippen molar-refractivity contribution in [2.75, 3.05) is 7.11 Å². The van der Waals surface area contributed by atoms with Gasteiger partial charge in [0.1, 0.15) is 5.78 Å². The third kappa shape index (κ3) is 1.84. The molecule has 2 heteroatoms. The van der Waals surface area contributed by atoms with E-state index in [9.17, 15) is 4.79 Å². The summed E-state index contributed by atoms with van der Waals surface area (Å²) in [5, 5.41) is 0. The van der Waals surface area contributed by atoms with E-state index in [-0.39, 0.29) is 16.9 Å². The molecule has 0 N–H and O–H groups in total. The molecule has 0 heterocycles. The normalized spacial score (nSPS) is 40.1. The van der Waals surface area contributed by atoms with Crippen molar-refractivity contribution >= 4 is 5.78 Å². The fourth-order valence-corrected chi connectivity index (χ4v) is 6.50. The van der Waals surface area contributed by atoms with E-state index in [0.29, 0.717) is 24.0 Å². The second kappa shape index (κ2) is 5.56. The van der Waals surface area contributed by atoms with E-state index in [1.807, 2.05) is 6.07 Å². The van der Waals surface area contributed by atoms with Crippen LogP contribution >= 0.6 is 0 Å². The van der Waals surface area contributed by atoms with Crippen molar-refractivity contribution in [2.24, 2.45) is 22.7 Å². The third-order valence-electron chi connectivity index (χ3n) is 7.49. The monoisotopic (exact) mass is 324 g/mol.